The van der Waals surface area contributed by atoms with Crippen LogP contribution < -0.4 is 9.47 Å². The van der Waals surface area contributed by atoms with Crippen LogP contribution in [0.2, 0.25) is 5.02 Å². The SMILES string of the molecule is Cc1c(/C=C/CCN2CCC(F)(F)C2)cccc1-c1cccc(COc2cc(OCc3cncc(C#N)c3)c(CN3CCCC[C@H]3C(=O)O)cc2Cl)c1C. The van der Waals surface area contributed by atoms with E-state index in [0.29, 0.717) is 61.1 Å². The summed E-state index contributed by atoms with van der Waals surface area (Å²) in [5, 5.41) is 19.6. The van der Waals surface area contributed by atoms with Crippen molar-refractivity contribution in [2.24, 2.45) is 0 Å². The van der Waals surface area contributed by atoms with E-state index in [2.05, 4.69) is 55.3 Å². The highest BCUT2D eigenvalue weighted by Gasteiger charge is 2.37. The lowest BCUT2D eigenvalue weighted by molar-refractivity contribution is -0.144. The smallest absolute Gasteiger partial charge is 0.320 e. The number of likely N-dealkylation sites (tertiary alicyclic amines) is 2. The lowest BCUT2D eigenvalue weighted by Gasteiger charge is -2.33. The van der Waals surface area contributed by atoms with E-state index in [1.54, 1.807) is 24.4 Å². The number of benzene rings is 3. The predicted octanol–water partition coefficient (Wildman–Crippen LogP) is 9.23. The van der Waals surface area contributed by atoms with Crippen molar-refractivity contribution >= 4 is 23.6 Å². The van der Waals surface area contributed by atoms with Gasteiger partial charge in [-0.15, -0.1) is 0 Å². The van der Waals surface area contributed by atoms with E-state index in [1.807, 2.05) is 28.0 Å². The van der Waals surface area contributed by atoms with Gasteiger partial charge in [0.15, 0.2) is 0 Å². The van der Waals surface area contributed by atoms with E-state index in [0.717, 1.165) is 57.3 Å². The van der Waals surface area contributed by atoms with E-state index in [1.165, 1.54) is 6.20 Å². The van der Waals surface area contributed by atoms with Gasteiger partial charge in [0, 0.05) is 55.6 Å². The standard InChI is InChI=1S/C43H45ClF2N4O4/c1-29-33(9-3-5-16-49-18-15-43(45,46)28-49)10-7-12-36(29)37-13-8-11-34(30(37)2)27-54-41-21-40(53-26-32-19-31(22-47)23-48-24-32)35(20-38(41)44)25-50-17-6-4-14-39(50)42(51)52/h3,7-13,19-21,23-24,39H,4-6,14-18,25-28H2,1-2H3,(H,51,52)/b9-3+/t39-/m0/s1. The van der Waals surface area contributed by atoms with Gasteiger partial charge in [-0.05, 0) is 85.2 Å². The number of carboxylic acid groups (broad SMARTS) is 1. The zero-order chi connectivity index (χ0) is 38.2. The molecule has 282 valence electrons. The maximum atomic E-state index is 13.6. The normalized spacial score (nSPS) is 17.4. The number of nitriles is 1. The van der Waals surface area contributed by atoms with E-state index in [-0.39, 0.29) is 26.2 Å². The Kier molecular flexibility index (Phi) is 12.6. The maximum Gasteiger partial charge on any atom is 0.320 e. The number of carboxylic acids is 1. The fourth-order valence-corrected chi connectivity index (χ4v) is 7.53. The summed E-state index contributed by atoms with van der Waals surface area (Å²) in [6.07, 6.45) is 10.3. The van der Waals surface area contributed by atoms with Crippen LogP contribution in [-0.4, -0.2) is 64.0 Å². The number of carbonyl (C=O) groups is 1. The Balaban J connectivity index is 1.19. The van der Waals surface area contributed by atoms with E-state index >= 15 is 0 Å². The Morgan fingerprint density at radius 2 is 1.80 bits per heavy atom. The largest absolute Gasteiger partial charge is 0.488 e. The molecule has 0 amide bonds. The second-order valence-corrected chi connectivity index (χ2v) is 14.6. The van der Waals surface area contributed by atoms with Crippen LogP contribution in [-0.2, 0) is 24.6 Å². The summed E-state index contributed by atoms with van der Waals surface area (Å²) < 4.78 is 39.8. The summed E-state index contributed by atoms with van der Waals surface area (Å²) >= 11 is 6.84. The third-order valence-corrected chi connectivity index (χ3v) is 10.7. The number of rotatable bonds is 14. The highest BCUT2D eigenvalue weighted by Crippen LogP contribution is 2.37. The number of alkyl halides is 2. The summed E-state index contributed by atoms with van der Waals surface area (Å²) in [6, 6.07) is 19.1. The van der Waals surface area contributed by atoms with Crippen LogP contribution in [0.1, 0.15) is 71.0 Å². The number of piperidine rings is 1. The fraction of sp³-hybridized carbons (Fsp3) is 0.372. The number of hydrogen-bond donors (Lipinski definition) is 1. The van der Waals surface area contributed by atoms with Crippen molar-refractivity contribution in [2.45, 2.75) is 77.7 Å². The molecule has 3 aromatic carbocycles. The molecule has 1 aromatic heterocycles. The Bertz CT molecular complexity index is 2050. The van der Waals surface area contributed by atoms with Crippen LogP contribution in [0.4, 0.5) is 8.78 Å². The van der Waals surface area contributed by atoms with Gasteiger partial charge in [-0.25, -0.2) is 8.78 Å². The van der Waals surface area contributed by atoms with E-state index in [9.17, 15) is 23.9 Å². The quantitative estimate of drug-likeness (QED) is 0.136. The van der Waals surface area contributed by atoms with Gasteiger partial charge in [-0.3, -0.25) is 19.6 Å². The number of pyridine rings is 1. The summed E-state index contributed by atoms with van der Waals surface area (Å²) in [5.74, 6) is -2.48. The molecule has 1 N–H and O–H groups in total. The van der Waals surface area contributed by atoms with Gasteiger partial charge in [-0.1, -0.05) is 66.6 Å². The summed E-state index contributed by atoms with van der Waals surface area (Å²) in [4.78, 5) is 20.0. The zero-order valence-corrected chi connectivity index (χ0v) is 31.4. The van der Waals surface area contributed by atoms with Gasteiger partial charge < -0.3 is 14.6 Å². The molecule has 8 nitrogen and oxygen atoms in total. The lowest BCUT2D eigenvalue weighted by Crippen LogP contribution is -2.44. The molecule has 11 heteroatoms. The minimum atomic E-state index is -2.58. The van der Waals surface area contributed by atoms with Crippen LogP contribution in [0, 0.1) is 25.2 Å². The second kappa shape index (κ2) is 17.5. The zero-order valence-electron chi connectivity index (χ0n) is 30.7. The Morgan fingerprint density at radius 3 is 2.56 bits per heavy atom. The molecular weight excluding hydrogens is 710 g/mol. The number of aliphatic carboxylic acids is 1. The third-order valence-electron chi connectivity index (χ3n) is 10.4. The molecule has 2 aliphatic rings. The van der Waals surface area contributed by atoms with Crippen LogP contribution in [0.25, 0.3) is 17.2 Å². The van der Waals surface area contributed by atoms with E-state index in [4.69, 9.17) is 21.1 Å². The first-order valence-electron chi connectivity index (χ1n) is 18.4. The molecule has 0 aliphatic carbocycles. The average molecular weight is 755 g/mol. The Hall–Kier alpha value is -4.82. The van der Waals surface area contributed by atoms with Crippen molar-refractivity contribution in [3.63, 3.8) is 0 Å². The Morgan fingerprint density at radius 1 is 1.02 bits per heavy atom. The van der Waals surface area contributed by atoms with Crippen molar-refractivity contribution in [3.8, 4) is 28.7 Å². The Labute approximate surface area is 320 Å². The fourth-order valence-electron chi connectivity index (χ4n) is 7.29. The van der Waals surface area contributed by atoms with Crippen LogP contribution in [0.5, 0.6) is 11.5 Å². The van der Waals surface area contributed by atoms with Gasteiger partial charge in [0.05, 0.1) is 17.1 Å². The van der Waals surface area contributed by atoms with Crippen LogP contribution in [0.15, 0.2) is 73.1 Å². The number of hydrogen-bond acceptors (Lipinski definition) is 7. The van der Waals surface area contributed by atoms with Crippen molar-refractivity contribution in [1.29, 1.82) is 5.26 Å². The molecule has 0 bridgehead atoms. The van der Waals surface area contributed by atoms with Crippen LogP contribution >= 0.6 is 11.6 Å². The first-order valence-corrected chi connectivity index (χ1v) is 18.7. The lowest BCUT2D eigenvalue weighted by atomic mass is 9.91. The van der Waals surface area contributed by atoms with Gasteiger partial charge in [0.2, 0.25) is 0 Å². The predicted molar refractivity (Wildman–Crippen MR) is 206 cm³/mol. The monoisotopic (exact) mass is 754 g/mol. The molecule has 6 rings (SSSR count). The summed E-state index contributed by atoms with van der Waals surface area (Å²) in [5.41, 5.74) is 8.31. The van der Waals surface area contributed by atoms with Gasteiger partial charge in [0.25, 0.3) is 5.92 Å². The highest BCUT2D eigenvalue weighted by molar-refractivity contribution is 6.32. The van der Waals surface area contributed by atoms with Crippen LogP contribution in [0.3, 0.4) is 0 Å². The van der Waals surface area contributed by atoms with Gasteiger partial charge in [0.1, 0.15) is 36.8 Å². The molecule has 2 aliphatic heterocycles. The number of nitrogens with zero attached hydrogens (tertiary/aromatic N) is 4. The molecule has 2 fully saturated rings. The molecule has 54 heavy (non-hydrogen) atoms. The molecule has 4 aromatic rings. The minimum Gasteiger partial charge on any atom is -0.488 e. The molecule has 3 heterocycles. The number of ether oxygens (including phenoxy) is 2. The molecule has 0 saturated carbocycles. The van der Waals surface area contributed by atoms with Crippen molar-refractivity contribution in [2.75, 3.05) is 26.2 Å². The number of halogens is 3. The number of aromatic nitrogens is 1. The third kappa shape index (κ3) is 9.64. The van der Waals surface area contributed by atoms with Crippen molar-refractivity contribution in [3.05, 3.63) is 117 Å². The highest BCUT2D eigenvalue weighted by atomic mass is 35.5. The van der Waals surface area contributed by atoms with Crippen molar-refractivity contribution in [1.82, 2.24) is 14.8 Å². The molecular formula is C43H45ClF2N4O4. The van der Waals surface area contributed by atoms with Crippen molar-refractivity contribution < 1.29 is 28.2 Å². The minimum absolute atomic E-state index is 0.0655. The average Bonchev–Trinajstić information content (AvgIpc) is 3.51. The topological polar surface area (TPSA) is 98.9 Å². The molecule has 2 saturated heterocycles. The summed E-state index contributed by atoms with van der Waals surface area (Å²) in [6.45, 7) is 6.44. The molecule has 1 atom stereocenters. The van der Waals surface area contributed by atoms with Gasteiger partial charge in [-0.2, -0.15) is 5.26 Å². The summed E-state index contributed by atoms with van der Waals surface area (Å²) in [7, 11) is 0. The van der Waals surface area contributed by atoms with E-state index < -0.39 is 17.9 Å². The second-order valence-electron chi connectivity index (χ2n) is 14.2. The molecule has 0 unspecified atom stereocenters. The maximum absolute atomic E-state index is 13.6. The van der Waals surface area contributed by atoms with Gasteiger partial charge >= 0.3 is 5.97 Å². The molecule has 0 spiro atoms. The first-order chi connectivity index (χ1) is 26.0. The first kappa shape index (κ1) is 38.9. The molecule has 0 radical (unpaired) electrons.